The molecule has 1 atom stereocenters. The molecule has 0 saturated heterocycles. The van der Waals surface area contributed by atoms with E-state index in [9.17, 15) is 0 Å². The van der Waals surface area contributed by atoms with E-state index in [2.05, 4.69) is 37.4 Å². The lowest BCUT2D eigenvalue weighted by Gasteiger charge is -2.11. The summed E-state index contributed by atoms with van der Waals surface area (Å²) in [6.45, 7) is 5.10. The summed E-state index contributed by atoms with van der Waals surface area (Å²) in [4.78, 5) is 0. The summed E-state index contributed by atoms with van der Waals surface area (Å²) in [6, 6.07) is 6.30. The summed E-state index contributed by atoms with van der Waals surface area (Å²) < 4.78 is 0. The first kappa shape index (κ1) is 12.2. The van der Waals surface area contributed by atoms with Gasteiger partial charge >= 0.3 is 0 Å². The van der Waals surface area contributed by atoms with Gasteiger partial charge in [-0.05, 0) is 25.0 Å². The van der Waals surface area contributed by atoms with Crippen LogP contribution in [0.5, 0.6) is 0 Å². The highest BCUT2D eigenvalue weighted by Gasteiger charge is 2.02. The van der Waals surface area contributed by atoms with Crippen molar-refractivity contribution in [2.24, 2.45) is 0 Å². The molecule has 0 heterocycles. The fourth-order valence-electron chi connectivity index (χ4n) is 1.48. The number of hydrogen-bond donors (Lipinski definition) is 3. The summed E-state index contributed by atoms with van der Waals surface area (Å²) in [5.41, 5.74) is 3.73. The molecule has 0 radical (unpaired) electrons. The average molecular weight is 209 g/mol. The lowest BCUT2D eigenvalue weighted by atomic mass is 10.1. The maximum absolute atomic E-state index is 9.14. The van der Waals surface area contributed by atoms with E-state index in [0.717, 1.165) is 6.54 Å². The standard InChI is InChI=1S/C12H19NO2/c1-9-3-4-11(10(2)5-9)6-13-7-12(15)8-14/h3-5,12-15H,6-8H2,1-2H3/t12-/m1/s1. The van der Waals surface area contributed by atoms with Crippen LogP contribution in [-0.2, 0) is 6.54 Å². The zero-order valence-corrected chi connectivity index (χ0v) is 9.33. The van der Waals surface area contributed by atoms with Crippen molar-refractivity contribution in [3.05, 3.63) is 34.9 Å². The highest BCUT2D eigenvalue weighted by Crippen LogP contribution is 2.09. The number of rotatable bonds is 5. The lowest BCUT2D eigenvalue weighted by Crippen LogP contribution is -2.29. The van der Waals surface area contributed by atoms with Crippen molar-refractivity contribution in [3.8, 4) is 0 Å². The maximum atomic E-state index is 9.14. The fraction of sp³-hybridized carbons (Fsp3) is 0.500. The molecule has 0 amide bonds. The SMILES string of the molecule is Cc1ccc(CNC[C@@H](O)CO)c(C)c1. The van der Waals surface area contributed by atoms with Gasteiger partial charge in [-0.1, -0.05) is 23.8 Å². The first-order chi connectivity index (χ1) is 7.13. The van der Waals surface area contributed by atoms with E-state index in [-0.39, 0.29) is 6.61 Å². The Morgan fingerprint density at radius 3 is 2.67 bits per heavy atom. The quantitative estimate of drug-likeness (QED) is 0.670. The predicted octanol–water partition coefficient (Wildman–Crippen LogP) is 0.746. The summed E-state index contributed by atoms with van der Waals surface area (Å²) in [5, 5.41) is 20.9. The highest BCUT2D eigenvalue weighted by molar-refractivity contribution is 5.30. The molecule has 0 fully saturated rings. The Morgan fingerprint density at radius 2 is 2.07 bits per heavy atom. The van der Waals surface area contributed by atoms with Gasteiger partial charge in [0.15, 0.2) is 0 Å². The summed E-state index contributed by atoms with van der Waals surface area (Å²) in [7, 11) is 0. The molecule has 1 aromatic rings. The van der Waals surface area contributed by atoms with E-state index in [1.807, 2.05) is 0 Å². The molecule has 0 bridgehead atoms. The number of nitrogens with one attached hydrogen (secondary N) is 1. The van der Waals surface area contributed by atoms with Crippen LogP contribution in [0, 0.1) is 13.8 Å². The van der Waals surface area contributed by atoms with Gasteiger partial charge < -0.3 is 15.5 Å². The fourth-order valence-corrected chi connectivity index (χ4v) is 1.48. The third kappa shape index (κ3) is 4.00. The van der Waals surface area contributed by atoms with Gasteiger partial charge in [0.1, 0.15) is 0 Å². The van der Waals surface area contributed by atoms with E-state index in [1.54, 1.807) is 0 Å². The maximum Gasteiger partial charge on any atom is 0.0895 e. The van der Waals surface area contributed by atoms with Crippen LogP contribution in [0.3, 0.4) is 0 Å². The normalized spacial score (nSPS) is 12.8. The summed E-state index contributed by atoms with van der Waals surface area (Å²) in [5.74, 6) is 0. The molecular formula is C12H19NO2. The molecule has 0 aliphatic rings. The van der Waals surface area contributed by atoms with E-state index >= 15 is 0 Å². The minimum atomic E-state index is -0.671. The van der Waals surface area contributed by atoms with Gasteiger partial charge in [0.05, 0.1) is 12.7 Å². The minimum Gasteiger partial charge on any atom is -0.394 e. The molecule has 15 heavy (non-hydrogen) atoms. The Labute approximate surface area is 90.8 Å². The zero-order valence-electron chi connectivity index (χ0n) is 9.33. The number of aliphatic hydroxyl groups excluding tert-OH is 2. The molecular weight excluding hydrogens is 190 g/mol. The smallest absolute Gasteiger partial charge is 0.0895 e. The minimum absolute atomic E-state index is 0.195. The number of aliphatic hydroxyl groups is 2. The van der Waals surface area contributed by atoms with Gasteiger partial charge in [-0.15, -0.1) is 0 Å². The Kier molecular flexibility index (Phi) is 4.75. The third-order valence-corrected chi connectivity index (χ3v) is 2.40. The van der Waals surface area contributed by atoms with Crippen LogP contribution in [-0.4, -0.2) is 29.5 Å². The average Bonchev–Trinajstić information content (AvgIpc) is 2.21. The molecule has 3 heteroatoms. The van der Waals surface area contributed by atoms with Crippen molar-refractivity contribution in [3.63, 3.8) is 0 Å². The second-order valence-corrected chi connectivity index (χ2v) is 3.90. The second kappa shape index (κ2) is 5.85. The number of aryl methyl sites for hydroxylation is 2. The summed E-state index contributed by atoms with van der Waals surface area (Å²) >= 11 is 0. The van der Waals surface area contributed by atoms with Crippen molar-refractivity contribution < 1.29 is 10.2 Å². The van der Waals surface area contributed by atoms with Gasteiger partial charge in [0.2, 0.25) is 0 Å². The van der Waals surface area contributed by atoms with Crippen LogP contribution in [0.2, 0.25) is 0 Å². The monoisotopic (exact) mass is 209 g/mol. The molecule has 0 aliphatic heterocycles. The van der Waals surface area contributed by atoms with Crippen LogP contribution in [0.15, 0.2) is 18.2 Å². The molecule has 3 N–H and O–H groups in total. The van der Waals surface area contributed by atoms with Crippen LogP contribution >= 0.6 is 0 Å². The van der Waals surface area contributed by atoms with Crippen LogP contribution in [0.25, 0.3) is 0 Å². The Morgan fingerprint density at radius 1 is 1.33 bits per heavy atom. The molecule has 1 aromatic carbocycles. The molecule has 3 nitrogen and oxygen atoms in total. The van der Waals surface area contributed by atoms with Gasteiger partial charge in [0, 0.05) is 13.1 Å². The van der Waals surface area contributed by atoms with Crippen molar-refractivity contribution >= 4 is 0 Å². The first-order valence-electron chi connectivity index (χ1n) is 5.19. The van der Waals surface area contributed by atoms with Crippen LogP contribution in [0.1, 0.15) is 16.7 Å². The molecule has 0 aliphatic carbocycles. The van der Waals surface area contributed by atoms with Gasteiger partial charge in [0.25, 0.3) is 0 Å². The Hall–Kier alpha value is -0.900. The van der Waals surface area contributed by atoms with E-state index in [1.165, 1.54) is 16.7 Å². The third-order valence-electron chi connectivity index (χ3n) is 2.40. The molecule has 0 aromatic heterocycles. The molecule has 0 unspecified atom stereocenters. The van der Waals surface area contributed by atoms with Crippen molar-refractivity contribution in [2.45, 2.75) is 26.5 Å². The van der Waals surface area contributed by atoms with Gasteiger partial charge in [-0.3, -0.25) is 0 Å². The molecule has 0 spiro atoms. The van der Waals surface area contributed by atoms with E-state index < -0.39 is 6.10 Å². The second-order valence-electron chi connectivity index (χ2n) is 3.90. The van der Waals surface area contributed by atoms with Crippen molar-refractivity contribution in [1.82, 2.24) is 5.32 Å². The van der Waals surface area contributed by atoms with Crippen molar-refractivity contribution in [2.75, 3.05) is 13.2 Å². The van der Waals surface area contributed by atoms with Crippen molar-refractivity contribution in [1.29, 1.82) is 0 Å². The predicted molar refractivity (Wildman–Crippen MR) is 60.7 cm³/mol. The Bertz CT molecular complexity index is 312. The van der Waals surface area contributed by atoms with Crippen LogP contribution in [0.4, 0.5) is 0 Å². The topological polar surface area (TPSA) is 52.5 Å². The van der Waals surface area contributed by atoms with E-state index in [0.29, 0.717) is 6.54 Å². The molecule has 84 valence electrons. The number of hydrogen-bond acceptors (Lipinski definition) is 3. The Balaban J connectivity index is 2.44. The van der Waals surface area contributed by atoms with Gasteiger partial charge in [-0.2, -0.15) is 0 Å². The lowest BCUT2D eigenvalue weighted by molar-refractivity contribution is 0.0942. The van der Waals surface area contributed by atoms with Crippen LogP contribution < -0.4 is 5.32 Å². The van der Waals surface area contributed by atoms with Gasteiger partial charge in [-0.25, -0.2) is 0 Å². The molecule has 1 rings (SSSR count). The summed E-state index contributed by atoms with van der Waals surface area (Å²) in [6.07, 6.45) is -0.671. The first-order valence-corrected chi connectivity index (χ1v) is 5.19. The number of benzene rings is 1. The highest BCUT2D eigenvalue weighted by atomic mass is 16.3. The molecule has 0 saturated carbocycles. The zero-order chi connectivity index (χ0) is 11.3. The largest absolute Gasteiger partial charge is 0.394 e. The van der Waals surface area contributed by atoms with E-state index in [4.69, 9.17) is 10.2 Å².